The lowest BCUT2D eigenvalue weighted by atomic mass is 9.86. The Morgan fingerprint density at radius 3 is 2.53 bits per heavy atom. The van der Waals surface area contributed by atoms with Crippen molar-refractivity contribution in [3.05, 3.63) is 23.3 Å². The molecule has 2 N–H and O–H groups in total. The van der Waals surface area contributed by atoms with E-state index < -0.39 is 0 Å². The van der Waals surface area contributed by atoms with Gasteiger partial charge in [-0.1, -0.05) is 13.8 Å². The first-order chi connectivity index (χ1) is 8.08. The second kappa shape index (κ2) is 3.64. The van der Waals surface area contributed by atoms with Crippen LogP contribution in [-0.2, 0) is 5.41 Å². The molecule has 1 aliphatic carbocycles. The molecule has 17 heavy (non-hydrogen) atoms. The largest absolute Gasteiger partial charge is 0.490 e. The molecule has 0 saturated carbocycles. The van der Waals surface area contributed by atoms with Gasteiger partial charge in [0, 0.05) is 12.5 Å². The van der Waals surface area contributed by atoms with E-state index in [0.717, 1.165) is 37.6 Å². The summed E-state index contributed by atoms with van der Waals surface area (Å²) in [5, 5.41) is 0. The van der Waals surface area contributed by atoms with Crippen LogP contribution in [-0.4, -0.2) is 13.2 Å². The number of rotatable bonds is 0. The summed E-state index contributed by atoms with van der Waals surface area (Å²) in [5.74, 6) is 1.73. The molecule has 1 aromatic rings. The van der Waals surface area contributed by atoms with E-state index in [-0.39, 0.29) is 11.5 Å². The summed E-state index contributed by atoms with van der Waals surface area (Å²) in [6, 6.07) is 4.33. The van der Waals surface area contributed by atoms with Crippen LogP contribution in [0.3, 0.4) is 0 Å². The van der Waals surface area contributed by atoms with Gasteiger partial charge in [0.25, 0.3) is 0 Å². The smallest absolute Gasteiger partial charge is 0.161 e. The second-order valence-corrected chi connectivity index (χ2v) is 5.63. The van der Waals surface area contributed by atoms with Crippen LogP contribution >= 0.6 is 0 Å². The van der Waals surface area contributed by atoms with Gasteiger partial charge < -0.3 is 15.2 Å². The highest BCUT2D eigenvalue weighted by atomic mass is 16.5. The minimum Gasteiger partial charge on any atom is -0.490 e. The molecule has 0 radical (unpaired) electrons. The number of benzene rings is 1. The van der Waals surface area contributed by atoms with Crippen LogP contribution in [0.15, 0.2) is 12.1 Å². The Labute approximate surface area is 102 Å². The molecule has 1 heterocycles. The lowest BCUT2D eigenvalue weighted by Gasteiger charge is -2.20. The maximum absolute atomic E-state index is 6.20. The molecular weight excluding hydrogens is 214 g/mol. The van der Waals surface area contributed by atoms with E-state index in [1.807, 2.05) is 0 Å². The number of hydrogen-bond acceptors (Lipinski definition) is 3. The third kappa shape index (κ3) is 1.69. The molecule has 2 aliphatic rings. The van der Waals surface area contributed by atoms with E-state index in [2.05, 4.69) is 26.0 Å². The monoisotopic (exact) mass is 233 g/mol. The predicted octanol–water partition coefficient (Wildman–Crippen LogP) is 2.53. The molecule has 0 fully saturated rings. The minimum atomic E-state index is 0.122. The van der Waals surface area contributed by atoms with Gasteiger partial charge in [0.05, 0.1) is 13.2 Å². The summed E-state index contributed by atoms with van der Waals surface area (Å²) < 4.78 is 11.4. The molecule has 0 aromatic heterocycles. The zero-order valence-electron chi connectivity index (χ0n) is 10.5. The summed E-state index contributed by atoms with van der Waals surface area (Å²) >= 11 is 0. The molecule has 92 valence electrons. The molecule has 3 heteroatoms. The quantitative estimate of drug-likeness (QED) is 0.749. The molecule has 3 nitrogen and oxygen atoms in total. The molecule has 0 amide bonds. The van der Waals surface area contributed by atoms with Crippen molar-refractivity contribution in [1.29, 1.82) is 0 Å². The molecule has 1 unspecified atom stereocenters. The van der Waals surface area contributed by atoms with Gasteiger partial charge in [-0.05, 0) is 35.1 Å². The van der Waals surface area contributed by atoms with Crippen molar-refractivity contribution < 1.29 is 9.47 Å². The van der Waals surface area contributed by atoms with Crippen molar-refractivity contribution in [2.45, 2.75) is 38.1 Å². The second-order valence-electron chi connectivity index (χ2n) is 5.63. The Hall–Kier alpha value is -1.22. The summed E-state index contributed by atoms with van der Waals surface area (Å²) in [7, 11) is 0. The van der Waals surface area contributed by atoms with Gasteiger partial charge in [0.15, 0.2) is 11.5 Å². The van der Waals surface area contributed by atoms with Crippen LogP contribution in [0, 0.1) is 0 Å². The van der Waals surface area contributed by atoms with Gasteiger partial charge in [-0.3, -0.25) is 0 Å². The van der Waals surface area contributed by atoms with Gasteiger partial charge in [-0.2, -0.15) is 0 Å². The summed E-state index contributed by atoms with van der Waals surface area (Å²) in [6.45, 7) is 5.94. The third-order valence-corrected chi connectivity index (χ3v) is 3.78. The molecule has 0 spiro atoms. The molecule has 0 bridgehead atoms. The predicted molar refractivity (Wildman–Crippen MR) is 66.6 cm³/mol. The Morgan fingerprint density at radius 2 is 1.82 bits per heavy atom. The van der Waals surface area contributed by atoms with Crippen molar-refractivity contribution in [3.63, 3.8) is 0 Å². The van der Waals surface area contributed by atoms with Gasteiger partial charge in [0.1, 0.15) is 0 Å². The maximum Gasteiger partial charge on any atom is 0.161 e. The van der Waals surface area contributed by atoms with Crippen molar-refractivity contribution >= 4 is 0 Å². The van der Waals surface area contributed by atoms with Gasteiger partial charge in [0.2, 0.25) is 0 Å². The SMILES string of the molecule is CC1(C)CC(N)c2cc3c(cc21)OCCCO3. The molecule has 1 aromatic carbocycles. The molecule has 0 saturated heterocycles. The number of nitrogens with two attached hydrogens (primary N) is 1. The third-order valence-electron chi connectivity index (χ3n) is 3.78. The Balaban J connectivity index is 2.12. The highest BCUT2D eigenvalue weighted by molar-refractivity contribution is 5.53. The van der Waals surface area contributed by atoms with Crippen LogP contribution in [0.4, 0.5) is 0 Å². The van der Waals surface area contributed by atoms with Crippen LogP contribution in [0.25, 0.3) is 0 Å². The summed E-state index contributed by atoms with van der Waals surface area (Å²) in [6.07, 6.45) is 1.93. The van der Waals surface area contributed by atoms with E-state index in [4.69, 9.17) is 15.2 Å². The van der Waals surface area contributed by atoms with Crippen LogP contribution in [0.5, 0.6) is 11.5 Å². The average Bonchev–Trinajstić information content (AvgIpc) is 2.46. The first-order valence-electron chi connectivity index (χ1n) is 6.27. The van der Waals surface area contributed by atoms with Crippen LogP contribution in [0.1, 0.15) is 43.9 Å². The molecule has 3 rings (SSSR count). The Bertz CT molecular complexity index is 454. The highest BCUT2D eigenvalue weighted by Crippen LogP contribution is 2.47. The van der Waals surface area contributed by atoms with E-state index >= 15 is 0 Å². The van der Waals surface area contributed by atoms with Crippen LogP contribution < -0.4 is 15.2 Å². The summed E-state index contributed by atoms with van der Waals surface area (Å²) in [4.78, 5) is 0. The zero-order valence-corrected chi connectivity index (χ0v) is 10.5. The molecule has 1 aliphatic heterocycles. The van der Waals surface area contributed by atoms with Gasteiger partial charge in [-0.25, -0.2) is 0 Å². The fourth-order valence-electron chi connectivity index (χ4n) is 2.89. The Morgan fingerprint density at radius 1 is 1.18 bits per heavy atom. The van der Waals surface area contributed by atoms with Gasteiger partial charge >= 0.3 is 0 Å². The number of fused-ring (bicyclic) bond motifs is 2. The first-order valence-corrected chi connectivity index (χ1v) is 6.27. The molecular formula is C14H19NO2. The zero-order chi connectivity index (χ0) is 12.0. The Kier molecular flexibility index (Phi) is 2.33. The average molecular weight is 233 g/mol. The van der Waals surface area contributed by atoms with E-state index in [1.54, 1.807) is 0 Å². The number of ether oxygens (including phenoxy) is 2. The lowest BCUT2D eigenvalue weighted by molar-refractivity contribution is 0.296. The summed E-state index contributed by atoms with van der Waals surface area (Å²) in [5.41, 5.74) is 8.87. The van der Waals surface area contributed by atoms with E-state index in [0.29, 0.717) is 0 Å². The van der Waals surface area contributed by atoms with E-state index in [9.17, 15) is 0 Å². The maximum atomic E-state index is 6.20. The standard InChI is InChI=1S/C14H19NO2/c1-14(2)8-11(15)9-6-12-13(7-10(9)14)17-5-3-4-16-12/h6-7,11H,3-5,8,15H2,1-2H3. The first kappa shape index (κ1) is 10.9. The lowest BCUT2D eigenvalue weighted by Crippen LogP contribution is -2.14. The van der Waals surface area contributed by atoms with Crippen molar-refractivity contribution in [2.24, 2.45) is 5.73 Å². The molecule has 1 atom stereocenters. The highest BCUT2D eigenvalue weighted by Gasteiger charge is 2.36. The minimum absolute atomic E-state index is 0.122. The van der Waals surface area contributed by atoms with Gasteiger partial charge in [-0.15, -0.1) is 0 Å². The fraction of sp³-hybridized carbons (Fsp3) is 0.571. The fourth-order valence-corrected chi connectivity index (χ4v) is 2.89. The topological polar surface area (TPSA) is 44.5 Å². The van der Waals surface area contributed by atoms with Crippen molar-refractivity contribution in [2.75, 3.05) is 13.2 Å². The van der Waals surface area contributed by atoms with Crippen molar-refractivity contribution in [3.8, 4) is 11.5 Å². The van der Waals surface area contributed by atoms with Crippen molar-refractivity contribution in [1.82, 2.24) is 0 Å². The van der Waals surface area contributed by atoms with Crippen LogP contribution in [0.2, 0.25) is 0 Å². The van der Waals surface area contributed by atoms with E-state index in [1.165, 1.54) is 11.1 Å². The normalized spacial score (nSPS) is 25.2. The number of hydrogen-bond donors (Lipinski definition) is 1.